The average Bonchev–Trinajstić information content (AvgIpc) is 3.87. The number of carbonyl (C=O) groups is 2. The minimum Gasteiger partial charge on any atom is -0.493 e. The number of benzene rings is 3. The van der Waals surface area contributed by atoms with E-state index in [-0.39, 0.29) is 42.6 Å². The van der Waals surface area contributed by atoms with Gasteiger partial charge in [-0.1, -0.05) is 56.3 Å². The lowest BCUT2D eigenvalue weighted by molar-refractivity contribution is -0.335. The first kappa shape index (κ1) is 45.3. The van der Waals surface area contributed by atoms with Gasteiger partial charge in [-0.25, -0.2) is 33.1 Å². The number of pyridine rings is 1. The summed E-state index contributed by atoms with van der Waals surface area (Å²) >= 11 is 0. The van der Waals surface area contributed by atoms with Gasteiger partial charge < -0.3 is 23.6 Å². The zero-order chi connectivity index (χ0) is 45.1. The Hall–Kier alpha value is -5.77. The molecule has 1 N–H and O–H groups in total. The Labute approximate surface area is 366 Å². The molecule has 0 saturated carbocycles. The quantitative estimate of drug-likeness (QED) is 0.0360. The van der Waals surface area contributed by atoms with Crippen molar-refractivity contribution in [3.63, 3.8) is 0 Å². The summed E-state index contributed by atoms with van der Waals surface area (Å²) in [5.74, 6) is 0.352. The SMILES string of the molecule is COc1cc(COOCOC(=O)n2c(-c3cn4ncnc4c(C)c3C)c(C(C)C)c3cc(C4CCN(C(=O)OC(C)(C)C)CC4)ccc32)ccc1OP(=O)(O)OCc1ccccc1. The third-order valence-electron chi connectivity index (χ3n) is 11.0. The highest BCUT2D eigenvalue weighted by molar-refractivity contribution is 7.47. The number of rotatable bonds is 14. The van der Waals surface area contributed by atoms with E-state index >= 15 is 0 Å². The zero-order valence-corrected chi connectivity index (χ0v) is 37.7. The van der Waals surface area contributed by atoms with Crippen LogP contribution in [0.15, 0.2) is 79.3 Å². The van der Waals surface area contributed by atoms with Crippen molar-refractivity contribution in [2.45, 2.75) is 92.0 Å². The number of ether oxygens (including phenoxy) is 3. The average molecular weight is 884 g/mol. The molecule has 1 amide bonds. The van der Waals surface area contributed by atoms with Crippen LogP contribution in [0.2, 0.25) is 0 Å². The molecular weight excluding hydrogens is 830 g/mol. The highest BCUT2D eigenvalue weighted by Gasteiger charge is 2.31. The standard InChI is InChI=1S/C46H54N5O11P/c1-29(2)41-36-23-35(34-18-20-49(21-19-34)44(52)61-46(5,6)7)15-16-38(36)51(42(41)37-24-50-43(47-27-48-50)31(4)30(37)3)45(53)57-28-59-58-25-33-14-17-39(40(22-33)56-8)62-63(54,55)60-26-32-12-10-9-11-13-32/h9-17,22-24,27,29,34H,18-21,25-26,28H2,1-8H3,(H,54,55). The highest BCUT2D eigenvalue weighted by atomic mass is 31.2. The molecule has 0 aliphatic carbocycles. The maximum Gasteiger partial charge on any atom is 0.527 e. The molecule has 1 fully saturated rings. The molecule has 334 valence electrons. The number of amides is 1. The summed E-state index contributed by atoms with van der Waals surface area (Å²) in [4.78, 5) is 54.4. The number of hydrogen-bond acceptors (Lipinski definition) is 12. The second kappa shape index (κ2) is 18.9. The second-order valence-corrected chi connectivity index (χ2v) is 18.2. The Kier molecular flexibility index (Phi) is 13.6. The van der Waals surface area contributed by atoms with E-state index in [1.807, 2.05) is 59.0 Å². The highest BCUT2D eigenvalue weighted by Crippen LogP contribution is 2.48. The van der Waals surface area contributed by atoms with Crippen LogP contribution in [0, 0.1) is 13.8 Å². The molecule has 0 spiro atoms. The molecule has 1 saturated heterocycles. The van der Waals surface area contributed by atoms with E-state index in [0.717, 1.165) is 51.7 Å². The van der Waals surface area contributed by atoms with Crippen LogP contribution < -0.4 is 9.26 Å². The van der Waals surface area contributed by atoms with E-state index in [1.54, 1.807) is 50.4 Å². The van der Waals surface area contributed by atoms with Crippen LogP contribution in [-0.2, 0) is 41.6 Å². The molecular formula is C46H54N5O11P. The predicted octanol–water partition coefficient (Wildman–Crippen LogP) is 10.0. The van der Waals surface area contributed by atoms with E-state index in [4.69, 9.17) is 33.0 Å². The molecule has 4 heterocycles. The van der Waals surface area contributed by atoms with Crippen LogP contribution in [0.5, 0.6) is 11.5 Å². The van der Waals surface area contributed by atoms with Gasteiger partial charge in [0.05, 0.1) is 24.9 Å². The van der Waals surface area contributed by atoms with Crippen LogP contribution in [-0.4, -0.2) is 73.7 Å². The Balaban J connectivity index is 1.08. The summed E-state index contributed by atoms with van der Waals surface area (Å²) in [5.41, 5.74) is 7.54. The van der Waals surface area contributed by atoms with Crippen molar-refractivity contribution in [3.05, 3.63) is 113 Å². The van der Waals surface area contributed by atoms with Gasteiger partial charge in [0.1, 0.15) is 18.5 Å². The first-order chi connectivity index (χ1) is 30.0. The first-order valence-corrected chi connectivity index (χ1v) is 22.3. The van der Waals surface area contributed by atoms with Gasteiger partial charge in [0, 0.05) is 30.2 Å². The van der Waals surface area contributed by atoms with E-state index in [9.17, 15) is 19.0 Å². The van der Waals surface area contributed by atoms with Gasteiger partial charge in [-0.05, 0) is 117 Å². The summed E-state index contributed by atoms with van der Waals surface area (Å²) in [5, 5.41) is 5.35. The normalized spacial score (nSPS) is 14.6. The van der Waals surface area contributed by atoms with Gasteiger partial charge in [-0.3, -0.25) is 9.42 Å². The number of likely N-dealkylation sites (tertiary alicyclic amines) is 1. The Bertz CT molecular complexity index is 2650. The van der Waals surface area contributed by atoms with Crippen LogP contribution in [0.3, 0.4) is 0 Å². The fourth-order valence-electron chi connectivity index (χ4n) is 7.83. The third-order valence-corrected chi connectivity index (χ3v) is 11.9. The number of carbonyl (C=O) groups excluding carboxylic acids is 2. The molecule has 17 heteroatoms. The number of aryl methyl sites for hydroxylation is 1. The first-order valence-electron chi connectivity index (χ1n) is 20.8. The van der Waals surface area contributed by atoms with Crippen molar-refractivity contribution < 1.29 is 52.1 Å². The number of aromatic nitrogens is 4. The smallest absolute Gasteiger partial charge is 0.493 e. The Morgan fingerprint density at radius 2 is 1.65 bits per heavy atom. The van der Waals surface area contributed by atoms with E-state index in [0.29, 0.717) is 35.4 Å². The van der Waals surface area contributed by atoms with Crippen molar-refractivity contribution in [1.82, 2.24) is 24.1 Å². The van der Waals surface area contributed by atoms with Gasteiger partial charge in [0.15, 0.2) is 17.1 Å². The topological polar surface area (TPSA) is 174 Å². The Morgan fingerprint density at radius 1 is 0.905 bits per heavy atom. The number of fused-ring (bicyclic) bond motifs is 2. The molecule has 1 aliphatic heterocycles. The molecule has 1 atom stereocenters. The lowest BCUT2D eigenvalue weighted by Gasteiger charge is -2.33. The van der Waals surface area contributed by atoms with Gasteiger partial charge in [-0.2, -0.15) is 9.99 Å². The maximum atomic E-state index is 14.3. The van der Waals surface area contributed by atoms with Crippen LogP contribution in [0.1, 0.15) is 92.7 Å². The number of phosphoric ester groups is 1. The number of hydrogen-bond donors (Lipinski definition) is 1. The van der Waals surface area contributed by atoms with Crippen molar-refractivity contribution in [3.8, 4) is 22.8 Å². The molecule has 3 aromatic heterocycles. The molecule has 16 nitrogen and oxygen atoms in total. The van der Waals surface area contributed by atoms with Gasteiger partial charge in [0.2, 0.25) is 6.79 Å². The van der Waals surface area contributed by atoms with Crippen molar-refractivity contribution in [2.75, 3.05) is 27.0 Å². The Morgan fingerprint density at radius 3 is 2.35 bits per heavy atom. The van der Waals surface area contributed by atoms with E-state index in [1.165, 1.54) is 19.5 Å². The molecule has 7 rings (SSSR count). The van der Waals surface area contributed by atoms with Crippen LogP contribution in [0.25, 0.3) is 27.8 Å². The van der Waals surface area contributed by atoms with Gasteiger partial charge in [-0.15, -0.1) is 0 Å². The number of methoxy groups -OCH3 is 1. The number of piperidine rings is 1. The monoisotopic (exact) mass is 883 g/mol. The van der Waals surface area contributed by atoms with Crippen LogP contribution >= 0.6 is 7.82 Å². The lowest BCUT2D eigenvalue weighted by Crippen LogP contribution is -2.41. The molecule has 3 aromatic carbocycles. The fraction of sp³-hybridized carbons (Fsp3) is 0.391. The largest absolute Gasteiger partial charge is 0.527 e. The molecule has 63 heavy (non-hydrogen) atoms. The number of nitrogens with zero attached hydrogens (tertiary/aromatic N) is 5. The zero-order valence-electron chi connectivity index (χ0n) is 36.8. The van der Waals surface area contributed by atoms with Gasteiger partial charge >= 0.3 is 20.0 Å². The molecule has 0 radical (unpaired) electrons. The summed E-state index contributed by atoms with van der Waals surface area (Å²) in [7, 11) is -3.09. The van der Waals surface area contributed by atoms with Crippen molar-refractivity contribution in [1.29, 1.82) is 0 Å². The lowest BCUT2D eigenvalue weighted by atomic mass is 9.87. The van der Waals surface area contributed by atoms with E-state index < -0.39 is 26.3 Å². The molecule has 6 aromatic rings. The maximum absolute atomic E-state index is 14.3. The fourth-order valence-corrected chi connectivity index (χ4v) is 8.59. The minimum atomic E-state index is -4.49. The summed E-state index contributed by atoms with van der Waals surface area (Å²) in [6, 6.07) is 19.7. The molecule has 1 unspecified atom stereocenters. The summed E-state index contributed by atoms with van der Waals surface area (Å²) in [6.45, 7) is 14.2. The summed E-state index contributed by atoms with van der Waals surface area (Å²) < 4.78 is 43.2. The minimum absolute atomic E-state index is 0.00499. The second-order valence-electron chi connectivity index (χ2n) is 16.8. The third kappa shape index (κ3) is 10.4. The van der Waals surface area contributed by atoms with Crippen molar-refractivity contribution >= 4 is 36.6 Å². The van der Waals surface area contributed by atoms with Gasteiger partial charge in [0.25, 0.3) is 0 Å². The van der Waals surface area contributed by atoms with E-state index in [2.05, 4.69) is 30.0 Å². The van der Waals surface area contributed by atoms with Crippen molar-refractivity contribution in [2.24, 2.45) is 0 Å². The predicted molar refractivity (Wildman–Crippen MR) is 235 cm³/mol. The van der Waals surface area contributed by atoms with Crippen LogP contribution in [0.4, 0.5) is 9.59 Å². The summed E-state index contributed by atoms with van der Waals surface area (Å²) in [6.07, 6.45) is 3.97. The molecule has 1 aliphatic rings. The molecule has 0 bridgehead atoms. The number of phosphoric acid groups is 1.